The second-order valence-corrected chi connectivity index (χ2v) is 8.55. The van der Waals surface area contributed by atoms with E-state index in [-0.39, 0.29) is 29.6 Å². The molecule has 0 saturated carbocycles. The molecule has 22 heavy (non-hydrogen) atoms. The number of sulfone groups is 1. The molecule has 0 N–H and O–H groups in total. The van der Waals surface area contributed by atoms with Crippen molar-refractivity contribution >= 4 is 33.2 Å². The van der Waals surface area contributed by atoms with Gasteiger partial charge in [-0.05, 0) is 31.0 Å². The minimum atomic E-state index is -3.11. The van der Waals surface area contributed by atoms with E-state index >= 15 is 0 Å². The molecule has 0 unspecified atom stereocenters. The van der Waals surface area contributed by atoms with Gasteiger partial charge in [0.15, 0.2) is 9.84 Å². The molecule has 0 aromatic heterocycles. The Labute approximate surface area is 135 Å². The van der Waals surface area contributed by atoms with Crippen molar-refractivity contribution in [3.05, 3.63) is 28.8 Å². The molecule has 0 aliphatic carbocycles. The Hall–Kier alpha value is -1.27. The first-order valence-corrected chi connectivity index (χ1v) is 9.60. The van der Waals surface area contributed by atoms with E-state index in [2.05, 4.69) is 0 Å². The molecular weight excluding hydrogens is 324 g/mol. The van der Waals surface area contributed by atoms with Gasteiger partial charge in [0, 0.05) is 17.3 Å². The van der Waals surface area contributed by atoms with Crippen LogP contribution in [-0.2, 0) is 9.84 Å². The van der Waals surface area contributed by atoms with Crippen LogP contribution in [0.1, 0.15) is 18.9 Å². The summed E-state index contributed by atoms with van der Waals surface area (Å²) in [4.78, 5) is 16.0. The molecule has 3 rings (SSSR count). The molecule has 1 aromatic carbocycles. The third kappa shape index (κ3) is 2.48. The van der Waals surface area contributed by atoms with E-state index < -0.39 is 9.84 Å². The SMILES string of the molecule is CCCN1C(=O)N(c2ccc(C)c(Cl)c2)[C@H]2CS(=O)(=O)C[C@H]21. The Morgan fingerprint density at radius 2 is 1.95 bits per heavy atom. The summed E-state index contributed by atoms with van der Waals surface area (Å²) in [5.74, 6) is 0.0780. The van der Waals surface area contributed by atoms with Crippen molar-refractivity contribution in [2.45, 2.75) is 32.4 Å². The van der Waals surface area contributed by atoms with Crippen LogP contribution in [0.25, 0.3) is 0 Å². The predicted molar refractivity (Wildman–Crippen MR) is 87.3 cm³/mol. The molecular formula is C15H19ClN2O3S. The van der Waals surface area contributed by atoms with E-state index in [0.717, 1.165) is 12.0 Å². The summed E-state index contributed by atoms with van der Waals surface area (Å²) in [5, 5.41) is 0.580. The lowest BCUT2D eigenvalue weighted by atomic mass is 10.1. The van der Waals surface area contributed by atoms with Gasteiger partial charge in [-0.25, -0.2) is 13.2 Å². The lowest BCUT2D eigenvalue weighted by Crippen LogP contribution is -2.38. The third-order valence-corrected chi connectivity index (χ3v) is 6.48. The highest BCUT2D eigenvalue weighted by Gasteiger charge is 2.53. The highest BCUT2D eigenvalue weighted by molar-refractivity contribution is 7.91. The van der Waals surface area contributed by atoms with Gasteiger partial charge in [0.25, 0.3) is 0 Å². The summed E-state index contributed by atoms with van der Waals surface area (Å²) in [6.07, 6.45) is 0.803. The normalized spacial score (nSPS) is 26.6. The Kier molecular flexibility index (Phi) is 3.85. The zero-order valence-corrected chi connectivity index (χ0v) is 14.2. The topological polar surface area (TPSA) is 57.7 Å². The number of urea groups is 1. The second kappa shape index (κ2) is 5.42. The second-order valence-electron chi connectivity index (χ2n) is 5.99. The summed E-state index contributed by atoms with van der Waals surface area (Å²) < 4.78 is 24.0. The van der Waals surface area contributed by atoms with E-state index in [9.17, 15) is 13.2 Å². The van der Waals surface area contributed by atoms with Crippen LogP contribution in [0.15, 0.2) is 18.2 Å². The summed E-state index contributed by atoms with van der Waals surface area (Å²) in [6, 6.07) is 4.74. The van der Waals surface area contributed by atoms with Gasteiger partial charge in [0.2, 0.25) is 0 Å². The minimum absolute atomic E-state index is 0.0229. The molecule has 2 atom stereocenters. The van der Waals surface area contributed by atoms with Crippen LogP contribution in [-0.4, -0.2) is 49.5 Å². The predicted octanol–water partition coefficient (Wildman–Crippen LogP) is 2.47. The smallest absolute Gasteiger partial charge is 0.318 e. The van der Waals surface area contributed by atoms with E-state index in [1.165, 1.54) is 0 Å². The first-order valence-electron chi connectivity index (χ1n) is 7.40. The Morgan fingerprint density at radius 3 is 2.59 bits per heavy atom. The standard InChI is InChI=1S/C15H19ClN2O3S/c1-3-6-17-13-8-22(20,21)9-14(13)18(15(17)19)11-5-4-10(2)12(16)7-11/h4-5,7,13-14H,3,6,8-9H2,1-2H3/t13-,14+/m1/s1. The van der Waals surface area contributed by atoms with E-state index in [1.54, 1.807) is 15.9 Å². The molecule has 0 radical (unpaired) electrons. The summed E-state index contributed by atoms with van der Waals surface area (Å²) in [5.41, 5.74) is 1.60. The maximum absolute atomic E-state index is 12.7. The first-order chi connectivity index (χ1) is 10.3. The zero-order chi connectivity index (χ0) is 16.1. The van der Waals surface area contributed by atoms with Gasteiger partial charge in [-0.2, -0.15) is 0 Å². The fourth-order valence-electron chi connectivity index (χ4n) is 3.31. The summed E-state index contributed by atoms with van der Waals surface area (Å²) in [6.45, 7) is 4.45. The molecule has 2 aliphatic heterocycles. The van der Waals surface area contributed by atoms with Crippen LogP contribution in [0.4, 0.5) is 10.5 Å². The van der Waals surface area contributed by atoms with Crippen LogP contribution < -0.4 is 4.90 Å². The number of hydrogen-bond donors (Lipinski definition) is 0. The molecule has 5 nitrogen and oxygen atoms in total. The average Bonchev–Trinajstić information content (AvgIpc) is 2.86. The number of aryl methyl sites for hydroxylation is 1. The fourth-order valence-corrected chi connectivity index (χ4v) is 5.44. The van der Waals surface area contributed by atoms with Gasteiger partial charge in [-0.3, -0.25) is 4.90 Å². The molecule has 7 heteroatoms. The summed E-state index contributed by atoms with van der Waals surface area (Å²) >= 11 is 6.17. The maximum Gasteiger partial charge on any atom is 0.325 e. The number of halogens is 1. The molecule has 2 fully saturated rings. The molecule has 0 spiro atoms. The van der Waals surface area contributed by atoms with Crippen LogP contribution in [0.3, 0.4) is 0 Å². The van der Waals surface area contributed by atoms with Crippen molar-refractivity contribution in [2.24, 2.45) is 0 Å². The summed E-state index contributed by atoms with van der Waals surface area (Å²) in [7, 11) is -3.11. The van der Waals surface area contributed by atoms with Crippen LogP contribution in [0.5, 0.6) is 0 Å². The van der Waals surface area contributed by atoms with Crippen molar-refractivity contribution in [1.29, 1.82) is 0 Å². The Balaban J connectivity index is 2.02. The van der Waals surface area contributed by atoms with Crippen molar-refractivity contribution in [2.75, 3.05) is 23.0 Å². The molecule has 2 amide bonds. The number of hydrogen-bond acceptors (Lipinski definition) is 3. The van der Waals surface area contributed by atoms with Crippen molar-refractivity contribution in [3.63, 3.8) is 0 Å². The van der Waals surface area contributed by atoms with E-state index in [0.29, 0.717) is 17.3 Å². The van der Waals surface area contributed by atoms with E-state index in [1.807, 2.05) is 26.0 Å². The number of benzene rings is 1. The molecule has 1 aromatic rings. The molecule has 120 valence electrons. The Morgan fingerprint density at radius 1 is 1.27 bits per heavy atom. The van der Waals surface area contributed by atoms with Gasteiger partial charge in [0.1, 0.15) is 0 Å². The molecule has 2 aliphatic rings. The number of carbonyl (C=O) groups excluding carboxylic acids is 1. The Bertz CT molecular complexity index is 719. The number of anilines is 1. The zero-order valence-electron chi connectivity index (χ0n) is 12.6. The van der Waals surface area contributed by atoms with Crippen molar-refractivity contribution in [3.8, 4) is 0 Å². The number of rotatable bonds is 3. The van der Waals surface area contributed by atoms with Gasteiger partial charge in [0.05, 0.1) is 23.6 Å². The number of nitrogens with zero attached hydrogens (tertiary/aromatic N) is 2. The van der Waals surface area contributed by atoms with E-state index in [4.69, 9.17) is 11.6 Å². The van der Waals surface area contributed by atoms with Crippen LogP contribution in [0, 0.1) is 6.92 Å². The minimum Gasteiger partial charge on any atom is -0.318 e. The molecule has 2 heterocycles. The number of amides is 2. The van der Waals surface area contributed by atoms with Crippen LogP contribution >= 0.6 is 11.6 Å². The van der Waals surface area contributed by atoms with Gasteiger partial charge in [-0.15, -0.1) is 0 Å². The van der Waals surface area contributed by atoms with Gasteiger partial charge in [-0.1, -0.05) is 24.6 Å². The fraction of sp³-hybridized carbons (Fsp3) is 0.533. The third-order valence-electron chi connectivity index (χ3n) is 4.38. The molecule has 0 bridgehead atoms. The first kappa shape index (κ1) is 15.6. The van der Waals surface area contributed by atoms with Gasteiger partial charge < -0.3 is 4.90 Å². The highest BCUT2D eigenvalue weighted by atomic mass is 35.5. The van der Waals surface area contributed by atoms with Gasteiger partial charge >= 0.3 is 6.03 Å². The number of fused-ring (bicyclic) bond motifs is 1. The average molecular weight is 343 g/mol. The number of carbonyl (C=O) groups is 1. The highest BCUT2D eigenvalue weighted by Crippen LogP contribution is 2.36. The van der Waals surface area contributed by atoms with Crippen LogP contribution in [0.2, 0.25) is 5.02 Å². The maximum atomic E-state index is 12.7. The lowest BCUT2D eigenvalue weighted by Gasteiger charge is -2.22. The molecule has 2 saturated heterocycles. The quantitative estimate of drug-likeness (QED) is 0.793. The van der Waals surface area contributed by atoms with Crippen molar-refractivity contribution < 1.29 is 13.2 Å². The monoisotopic (exact) mass is 342 g/mol. The largest absolute Gasteiger partial charge is 0.325 e. The lowest BCUT2D eigenvalue weighted by molar-refractivity contribution is 0.209. The van der Waals surface area contributed by atoms with Crippen molar-refractivity contribution in [1.82, 2.24) is 4.90 Å².